The minimum atomic E-state index is -0.578. The summed E-state index contributed by atoms with van der Waals surface area (Å²) in [6.45, 7) is 3.49. The Morgan fingerprint density at radius 1 is 1.04 bits per heavy atom. The maximum atomic E-state index is 12.1. The molecule has 0 aliphatic heterocycles. The van der Waals surface area contributed by atoms with Crippen LogP contribution in [-0.2, 0) is 9.63 Å². The lowest BCUT2D eigenvalue weighted by molar-refractivity contribution is -0.119. The van der Waals surface area contributed by atoms with E-state index in [-0.39, 0.29) is 12.4 Å². The lowest BCUT2D eigenvalue weighted by Gasteiger charge is -2.06. The predicted molar refractivity (Wildman–Crippen MR) is 93.2 cm³/mol. The molecule has 0 unspecified atom stereocenters. The number of carbonyl (C=O) groups excluding carboxylic acids is 2. The van der Waals surface area contributed by atoms with Gasteiger partial charge < -0.3 is 21.0 Å². The number of amidine groups is 1. The molecule has 130 valence electrons. The van der Waals surface area contributed by atoms with Crippen LogP contribution >= 0.6 is 0 Å². The fourth-order valence-electron chi connectivity index (χ4n) is 2.02. The number of nitrogens with two attached hydrogens (primary N) is 2. The van der Waals surface area contributed by atoms with Crippen LogP contribution in [0.1, 0.15) is 27.0 Å². The van der Waals surface area contributed by atoms with Gasteiger partial charge in [-0.3, -0.25) is 4.79 Å². The van der Waals surface area contributed by atoms with Gasteiger partial charge in [0.15, 0.2) is 12.4 Å². The van der Waals surface area contributed by atoms with Gasteiger partial charge in [-0.15, -0.1) is 0 Å². The highest BCUT2D eigenvalue weighted by Crippen LogP contribution is 2.14. The summed E-state index contributed by atoms with van der Waals surface area (Å²) in [5.41, 5.74) is 13.5. The summed E-state index contributed by atoms with van der Waals surface area (Å²) >= 11 is 0. The maximum Gasteiger partial charge on any atom is 0.366 e. The van der Waals surface area contributed by atoms with Gasteiger partial charge >= 0.3 is 5.97 Å². The average molecular weight is 341 g/mol. The molecule has 1 amide bonds. The van der Waals surface area contributed by atoms with Gasteiger partial charge in [0, 0.05) is 5.56 Å². The number of carbonyl (C=O) groups is 2. The molecule has 0 aliphatic carbocycles. The Morgan fingerprint density at radius 2 is 1.72 bits per heavy atom. The Morgan fingerprint density at radius 3 is 2.36 bits per heavy atom. The Labute approximate surface area is 145 Å². The van der Waals surface area contributed by atoms with E-state index in [1.54, 1.807) is 30.3 Å². The number of oxime groups is 1. The fraction of sp³-hybridized carbons (Fsp3) is 0.167. The summed E-state index contributed by atoms with van der Waals surface area (Å²) in [7, 11) is 0. The molecule has 0 aromatic heterocycles. The molecule has 7 nitrogen and oxygen atoms in total. The van der Waals surface area contributed by atoms with Crippen molar-refractivity contribution in [2.24, 2.45) is 16.6 Å². The quantitative estimate of drug-likeness (QED) is 0.358. The Bertz CT molecular complexity index is 814. The van der Waals surface area contributed by atoms with Gasteiger partial charge in [0.1, 0.15) is 5.75 Å². The largest absolute Gasteiger partial charge is 0.484 e. The third-order valence-electron chi connectivity index (χ3n) is 3.37. The summed E-state index contributed by atoms with van der Waals surface area (Å²) in [5.74, 6) is -0.642. The van der Waals surface area contributed by atoms with Crippen molar-refractivity contribution < 1.29 is 19.2 Å². The van der Waals surface area contributed by atoms with Crippen molar-refractivity contribution in [3.63, 3.8) is 0 Å². The number of rotatable bonds is 6. The molecule has 0 saturated carbocycles. The molecule has 0 bridgehead atoms. The third kappa shape index (κ3) is 5.07. The first-order chi connectivity index (χ1) is 11.9. The topological polar surface area (TPSA) is 117 Å². The van der Waals surface area contributed by atoms with Gasteiger partial charge in [-0.1, -0.05) is 22.9 Å². The van der Waals surface area contributed by atoms with Gasteiger partial charge in [0.25, 0.3) is 5.91 Å². The zero-order valence-corrected chi connectivity index (χ0v) is 14.0. The zero-order valence-electron chi connectivity index (χ0n) is 14.0. The number of aryl methyl sites for hydroxylation is 2. The second-order valence-corrected chi connectivity index (χ2v) is 5.45. The SMILES string of the molecule is Cc1ccc(C)c(C(=O)O/N=C(\N)c2ccc(OCC(N)=O)cc2)c1. The van der Waals surface area contributed by atoms with Crippen molar-refractivity contribution in [2.75, 3.05) is 6.61 Å². The summed E-state index contributed by atoms with van der Waals surface area (Å²) in [6, 6.07) is 11.9. The van der Waals surface area contributed by atoms with Gasteiger partial charge in [-0.2, -0.15) is 0 Å². The molecule has 2 rings (SSSR count). The molecule has 7 heteroatoms. The molecule has 25 heavy (non-hydrogen) atoms. The highest BCUT2D eigenvalue weighted by molar-refractivity contribution is 5.98. The van der Waals surface area contributed by atoms with E-state index in [9.17, 15) is 9.59 Å². The number of amides is 1. The van der Waals surface area contributed by atoms with Gasteiger partial charge in [0.2, 0.25) is 0 Å². The first-order valence-electron chi connectivity index (χ1n) is 7.50. The number of nitrogens with zero attached hydrogens (tertiary/aromatic N) is 1. The predicted octanol–water partition coefficient (Wildman–Crippen LogP) is 1.64. The van der Waals surface area contributed by atoms with Crippen molar-refractivity contribution >= 4 is 17.7 Å². The summed E-state index contributed by atoms with van der Waals surface area (Å²) in [6.07, 6.45) is 0. The van der Waals surface area contributed by atoms with Gasteiger partial charge in [-0.05, 0) is 49.7 Å². The van der Waals surface area contributed by atoms with Crippen LogP contribution in [0.25, 0.3) is 0 Å². The number of primary amides is 1. The normalized spacial score (nSPS) is 11.0. The summed E-state index contributed by atoms with van der Waals surface area (Å²) in [5, 5.41) is 3.68. The summed E-state index contributed by atoms with van der Waals surface area (Å²) < 4.78 is 5.14. The molecular formula is C18H19N3O4. The van der Waals surface area contributed by atoms with E-state index >= 15 is 0 Å². The number of benzene rings is 2. The van der Waals surface area contributed by atoms with Crippen molar-refractivity contribution in [2.45, 2.75) is 13.8 Å². The van der Waals surface area contributed by atoms with E-state index < -0.39 is 11.9 Å². The molecule has 0 fully saturated rings. The number of ether oxygens (including phenoxy) is 1. The Kier molecular flexibility index (Phi) is 5.73. The van der Waals surface area contributed by atoms with Crippen molar-refractivity contribution in [3.8, 4) is 5.75 Å². The highest BCUT2D eigenvalue weighted by Gasteiger charge is 2.11. The van der Waals surface area contributed by atoms with Crippen LogP contribution in [0.2, 0.25) is 0 Å². The molecule has 0 heterocycles. The molecule has 0 spiro atoms. The van der Waals surface area contributed by atoms with Crippen LogP contribution < -0.4 is 16.2 Å². The highest BCUT2D eigenvalue weighted by atomic mass is 16.7. The van der Waals surface area contributed by atoms with Gasteiger partial charge in [0.05, 0.1) is 5.56 Å². The van der Waals surface area contributed by atoms with Crippen molar-refractivity contribution in [3.05, 3.63) is 64.7 Å². The van der Waals surface area contributed by atoms with E-state index in [1.165, 1.54) is 0 Å². The van der Waals surface area contributed by atoms with E-state index in [2.05, 4.69) is 5.16 Å². The average Bonchev–Trinajstić information content (AvgIpc) is 2.60. The van der Waals surface area contributed by atoms with Gasteiger partial charge in [-0.25, -0.2) is 4.79 Å². The van der Waals surface area contributed by atoms with Crippen molar-refractivity contribution in [1.29, 1.82) is 0 Å². The standard InChI is InChI=1S/C18H19N3O4/c1-11-3-4-12(2)15(9-11)18(23)25-21-17(20)13-5-7-14(8-6-13)24-10-16(19)22/h3-9H,10H2,1-2H3,(H2,19,22)(H2,20,21). The second-order valence-electron chi connectivity index (χ2n) is 5.45. The zero-order chi connectivity index (χ0) is 18.4. The number of hydrogen-bond donors (Lipinski definition) is 2. The van der Waals surface area contributed by atoms with E-state index in [0.29, 0.717) is 16.9 Å². The Hall–Kier alpha value is -3.35. The van der Waals surface area contributed by atoms with E-state index in [4.69, 9.17) is 21.0 Å². The maximum absolute atomic E-state index is 12.1. The van der Waals surface area contributed by atoms with Crippen LogP contribution in [0.5, 0.6) is 5.75 Å². The lowest BCUT2D eigenvalue weighted by Crippen LogP contribution is -2.20. The van der Waals surface area contributed by atoms with E-state index in [0.717, 1.165) is 11.1 Å². The smallest absolute Gasteiger partial charge is 0.366 e. The molecule has 0 radical (unpaired) electrons. The molecule has 2 aromatic rings. The second kappa shape index (κ2) is 7.96. The van der Waals surface area contributed by atoms with Crippen LogP contribution in [0.4, 0.5) is 0 Å². The van der Waals surface area contributed by atoms with E-state index in [1.807, 2.05) is 26.0 Å². The monoisotopic (exact) mass is 341 g/mol. The van der Waals surface area contributed by atoms with Crippen LogP contribution in [0, 0.1) is 13.8 Å². The number of hydrogen-bond acceptors (Lipinski definition) is 5. The molecule has 0 aliphatic rings. The molecular weight excluding hydrogens is 322 g/mol. The Balaban J connectivity index is 2.04. The molecule has 0 atom stereocenters. The fourth-order valence-corrected chi connectivity index (χ4v) is 2.02. The lowest BCUT2D eigenvalue weighted by atomic mass is 10.1. The molecule has 0 saturated heterocycles. The molecule has 4 N–H and O–H groups in total. The van der Waals surface area contributed by atoms with Crippen LogP contribution in [0.3, 0.4) is 0 Å². The third-order valence-corrected chi connectivity index (χ3v) is 3.37. The first kappa shape index (κ1) is 18.0. The van der Waals surface area contributed by atoms with Crippen LogP contribution in [-0.4, -0.2) is 24.3 Å². The summed E-state index contributed by atoms with van der Waals surface area (Å²) in [4.78, 5) is 27.7. The first-order valence-corrected chi connectivity index (χ1v) is 7.50. The minimum absolute atomic E-state index is 0.0418. The van der Waals surface area contributed by atoms with Crippen molar-refractivity contribution in [1.82, 2.24) is 0 Å². The minimum Gasteiger partial charge on any atom is -0.484 e. The van der Waals surface area contributed by atoms with Crippen LogP contribution in [0.15, 0.2) is 47.6 Å². The molecule has 2 aromatic carbocycles.